The zero-order valence-corrected chi connectivity index (χ0v) is 10.1. The van der Waals surface area contributed by atoms with Crippen LogP contribution in [0.3, 0.4) is 0 Å². The standard InChI is InChI=1S/C13H18N2O2/c1-15(12-5-6-17-9-12)13(16)11-4-2-3-10(7-11)8-14/h2-4,7,12H,5-6,8-9,14H2,1H3. The average molecular weight is 234 g/mol. The molecule has 4 heteroatoms. The summed E-state index contributed by atoms with van der Waals surface area (Å²) in [7, 11) is 1.83. The van der Waals surface area contributed by atoms with Crippen molar-refractivity contribution >= 4 is 5.91 Å². The van der Waals surface area contributed by atoms with Gasteiger partial charge in [-0.3, -0.25) is 4.79 Å². The predicted octanol–water partition coefficient (Wildman–Crippen LogP) is 1.01. The average Bonchev–Trinajstić information content (AvgIpc) is 2.91. The lowest BCUT2D eigenvalue weighted by atomic mass is 10.1. The fourth-order valence-corrected chi connectivity index (χ4v) is 2.03. The van der Waals surface area contributed by atoms with Crippen molar-refractivity contribution in [2.24, 2.45) is 5.73 Å². The molecule has 2 rings (SSSR count). The van der Waals surface area contributed by atoms with E-state index < -0.39 is 0 Å². The van der Waals surface area contributed by atoms with Gasteiger partial charge in [-0.25, -0.2) is 0 Å². The van der Waals surface area contributed by atoms with Crippen LogP contribution in [-0.4, -0.2) is 37.1 Å². The Kier molecular flexibility index (Phi) is 3.76. The van der Waals surface area contributed by atoms with Crippen molar-refractivity contribution in [1.82, 2.24) is 4.90 Å². The molecule has 1 aliphatic rings. The third kappa shape index (κ3) is 2.65. The van der Waals surface area contributed by atoms with E-state index in [9.17, 15) is 4.79 Å². The van der Waals surface area contributed by atoms with Gasteiger partial charge in [-0.1, -0.05) is 12.1 Å². The summed E-state index contributed by atoms with van der Waals surface area (Å²) in [6, 6.07) is 7.68. The van der Waals surface area contributed by atoms with Gasteiger partial charge < -0.3 is 15.4 Å². The van der Waals surface area contributed by atoms with Gasteiger partial charge in [0.05, 0.1) is 12.6 Å². The minimum absolute atomic E-state index is 0.0378. The highest BCUT2D eigenvalue weighted by atomic mass is 16.5. The van der Waals surface area contributed by atoms with E-state index in [0.717, 1.165) is 18.6 Å². The Balaban J connectivity index is 2.12. The molecule has 0 aromatic heterocycles. The topological polar surface area (TPSA) is 55.6 Å². The Morgan fingerprint density at radius 2 is 2.41 bits per heavy atom. The van der Waals surface area contributed by atoms with Crippen LogP contribution in [0.1, 0.15) is 22.3 Å². The maximum absolute atomic E-state index is 12.2. The van der Waals surface area contributed by atoms with E-state index in [2.05, 4.69) is 0 Å². The minimum Gasteiger partial charge on any atom is -0.379 e. The van der Waals surface area contributed by atoms with E-state index in [0.29, 0.717) is 18.7 Å². The number of carbonyl (C=O) groups excluding carboxylic acids is 1. The minimum atomic E-state index is 0.0378. The number of benzene rings is 1. The zero-order chi connectivity index (χ0) is 12.3. The summed E-state index contributed by atoms with van der Waals surface area (Å²) < 4.78 is 5.30. The first-order valence-electron chi connectivity index (χ1n) is 5.86. The van der Waals surface area contributed by atoms with E-state index in [1.807, 2.05) is 31.3 Å². The molecule has 1 unspecified atom stereocenters. The predicted molar refractivity (Wildman–Crippen MR) is 65.7 cm³/mol. The molecule has 92 valence electrons. The number of amides is 1. The molecule has 17 heavy (non-hydrogen) atoms. The van der Waals surface area contributed by atoms with Crippen LogP contribution in [0.25, 0.3) is 0 Å². The van der Waals surface area contributed by atoms with Crippen molar-refractivity contribution in [3.8, 4) is 0 Å². The summed E-state index contributed by atoms with van der Waals surface area (Å²) in [5, 5.41) is 0. The monoisotopic (exact) mass is 234 g/mol. The van der Waals surface area contributed by atoms with Crippen molar-refractivity contribution in [3.63, 3.8) is 0 Å². The molecule has 1 amide bonds. The number of carbonyl (C=O) groups is 1. The van der Waals surface area contributed by atoms with Crippen LogP contribution in [0.4, 0.5) is 0 Å². The maximum atomic E-state index is 12.2. The zero-order valence-electron chi connectivity index (χ0n) is 10.1. The van der Waals surface area contributed by atoms with Gasteiger partial charge in [0, 0.05) is 25.8 Å². The molecule has 0 bridgehead atoms. The van der Waals surface area contributed by atoms with Crippen molar-refractivity contribution < 1.29 is 9.53 Å². The summed E-state index contributed by atoms with van der Waals surface area (Å²) in [5.74, 6) is 0.0378. The third-order valence-electron chi connectivity index (χ3n) is 3.18. The van der Waals surface area contributed by atoms with Crippen LogP contribution in [0.2, 0.25) is 0 Å². The van der Waals surface area contributed by atoms with E-state index in [-0.39, 0.29) is 11.9 Å². The second-order valence-electron chi connectivity index (χ2n) is 4.34. The number of hydrogen-bond acceptors (Lipinski definition) is 3. The summed E-state index contributed by atoms with van der Waals surface area (Å²) in [4.78, 5) is 14.0. The van der Waals surface area contributed by atoms with Gasteiger partial charge in [-0.05, 0) is 24.1 Å². The molecular formula is C13H18N2O2. The van der Waals surface area contributed by atoms with Crippen molar-refractivity contribution in [2.75, 3.05) is 20.3 Å². The number of nitrogens with zero attached hydrogens (tertiary/aromatic N) is 1. The molecule has 1 saturated heterocycles. The van der Waals surface area contributed by atoms with Crippen LogP contribution in [0.5, 0.6) is 0 Å². The highest BCUT2D eigenvalue weighted by Crippen LogP contribution is 2.14. The first-order chi connectivity index (χ1) is 8.22. The van der Waals surface area contributed by atoms with Crippen molar-refractivity contribution in [1.29, 1.82) is 0 Å². The SMILES string of the molecule is CN(C(=O)c1cccc(CN)c1)C1CCOC1. The van der Waals surface area contributed by atoms with Gasteiger partial charge in [0.1, 0.15) is 0 Å². The maximum Gasteiger partial charge on any atom is 0.253 e. The third-order valence-corrected chi connectivity index (χ3v) is 3.18. The van der Waals surface area contributed by atoms with Crippen molar-refractivity contribution in [2.45, 2.75) is 19.0 Å². The molecular weight excluding hydrogens is 216 g/mol. The Morgan fingerprint density at radius 3 is 3.06 bits per heavy atom. The van der Waals surface area contributed by atoms with E-state index in [4.69, 9.17) is 10.5 Å². The van der Waals surface area contributed by atoms with E-state index >= 15 is 0 Å². The molecule has 1 heterocycles. The normalized spacial score (nSPS) is 19.3. The highest BCUT2D eigenvalue weighted by Gasteiger charge is 2.24. The Morgan fingerprint density at radius 1 is 1.59 bits per heavy atom. The Labute approximate surface area is 101 Å². The summed E-state index contributed by atoms with van der Waals surface area (Å²) >= 11 is 0. The fourth-order valence-electron chi connectivity index (χ4n) is 2.03. The smallest absolute Gasteiger partial charge is 0.253 e. The lowest BCUT2D eigenvalue weighted by Gasteiger charge is -2.23. The first-order valence-corrected chi connectivity index (χ1v) is 5.86. The second-order valence-corrected chi connectivity index (χ2v) is 4.34. The highest BCUT2D eigenvalue weighted by molar-refractivity contribution is 5.94. The molecule has 0 radical (unpaired) electrons. The lowest BCUT2D eigenvalue weighted by Crippen LogP contribution is -2.37. The molecule has 1 aromatic rings. The summed E-state index contributed by atoms with van der Waals surface area (Å²) in [6.07, 6.45) is 0.915. The van der Waals surface area contributed by atoms with Crippen LogP contribution in [0, 0.1) is 0 Å². The quantitative estimate of drug-likeness (QED) is 0.849. The van der Waals surface area contributed by atoms with Gasteiger partial charge in [0.15, 0.2) is 0 Å². The molecule has 0 saturated carbocycles. The second kappa shape index (κ2) is 5.29. The lowest BCUT2D eigenvalue weighted by molar-refractivity contribution is 0.0711. The Bertz CT molecular complexity index is 400. The van der Waals surface area contributed by atoms with Gasteiger partial charge in [-0.15, -0.1) is 0 Å². The summed E-state index contributed by atoms with van der Waals surface area (Å²) in [6.45, 7) is 1.83. The van der Waals surface area contributed by atoms with Crippen molar-refractivity contribution in [3.05, 3.63) is 35.4 Å². The van der Waals surface area contributed by atoms with Gasteiger partial charge >= 0.3 is 0 Å². The number of likely N-dealkylation sites (N-methyl/N-ethyl adjacent to an activating group) is 1. The first kappa shape index (κ1) is 12.1. The molecule has 1 fully saturated rings. The molecule has 1 aliphatic heterocycles. The van der Waals surface area contributed by atoms with Crippen LogP contribution in [-0.2, 0) is 11.3 Å². The van der Waals surface area contributed by atoms with E-state index in [1.165, 1.54) is 0 Å². The number of rotatable bonds is 3. The molecule has 1 aromatic carbocycles. The Hall–Kier alpha value is -1.39. The van der Waals surface area contributed by atoms with Gasteiger partial charge in [-0.2, -0.15) is 0 Å². The molecule has 0 spiro atoms. The van der Waals surface area contributed by atoms with Crippen LogP contribution < -0.4 is 5.73 Å². The van der Waals surface area contributed by atoms with E-state index in [1.54, 1.807) is 4.90 Å². The summed E-state index contributed by atoms with van der Waals surface area (Å²) in [5.41, 5.74) is 7.25. The van der Waals surface area contributed by atoms with Crippen LogP contribution >= 0.6 is 0 Å². The molecule has 0 aliphatic carbocycles. The largest absolute Gasteiger partial charge is 0.379 e. The van der Waals surface area contributed by atoms with Gasteiger partial charge in [0.2, 0.25) is 0 Å². The fraction of sp³-hybridized carbons (Fsp3) is 0.462. The number of hydrogen-bond donors (Lipinski definition) is 1. The number of ether oxygens (including phenoxy) is 1. The number of nitrogens with two attached hydrogens (primary N) is 1. The van der Waals surface area contributed by atoms with Crippen LogP contribution in [0.15, 0.2) is 24.3 Å². The molecule has 4 nitrogen and oxygen atoms in total. The van der Waals surface area contributed by atoms with Gasteiger partial charge in [0.25, 0.3) is 5.91 Å². The molecule has 1 atom stereocenters. The molecule has 2 N–H and O–H groups in total.